The Morgan fingerprint density at radius 2 is 1.81 bits per heavy atom. The summed E-state index contributed by atoms with van der Waals surface area (Å²) in [5, 5.41) is 7.61. The highest BCUT2D eigenvalue weighted by molar-refractivity contribution is 7.18. The molecule has 0 atom stereocenters. The van der Waals surface area contributed by atoms with Gasteiger partial charge in [0.1, 0.15) is 0 Å². The van der Waals surface area contributed by atoms with Crippen molar-refractivity contribution in [3.63, 3.8) is 0 Å². The molecule has 0 unspecified atom stereocenters. The van der Waals surface area contributed by atoms with Crippen LogP contribution in [0, 0.1) is 0 Å². The largest absolute Gasteiger partial charge is 0.298 e. The standard InChI is InChI=1S/C23H21N5O2S/c1-14(2)20-17(13-25-28(20)18-11-7-8-12-24-18)22(30)27-23-26-19(21(31-23)15(3)29)16-9-5-4-6-10-16/h4-14H,1-3H3,(H,26,27,30). The van der Waals surface area contributed by atoms with Crippen molar-refractivity contribution in [2.45, 2.75) is 26.7 Å². The number of pyridine rings is 1. The van der Waals surface area contributed by atoms with E-state index in [4.69, 9.17) is 0 Å². The number of amides is 1. The van der Waals surface area contributed by atoms with Gasteiger partial charge in [0.2, 0.25) is 0 Å². The van der Waals surface area contributed by atoms with Crippen LogP contribution in [0.2, 0.25) is 0 Å². The number of anilines is 1. The molecule has 156 valence electrons. The summed E-state index contributed by atoms with van der Waals surface area (Å²) in [6.45, 7) is 5.50. The van der Waals surface area contributed by atoms with Gasteiger partial charge in [-0.2, -0.15) is 5.10 Å². The Balaban J connectivity index is 1.68. The molecule has 4 aromatic rings. The lowest BCUT2D eigenvalue weighted by Crippen LogP contribution is -2.15. The molecule has 0 aliphatic carbocycles. The highest BCUT2D eigenvalue weighted by Gasteiger charge is 2.23. The van der Waals surface area contributed by atoms with Gasteiger partial charge < -0.3 is 0 Å². The minimum atomic E-state index is -0.325. The van der Waals surface area contributed by atoms with Gasteiger partial charge in [-0.1, -0.05) is 61.6 Å². The fourth-order valence-corrected chi connectivity index (χ4v) is 4.20. The molecule has 4 rings (SSSR count). The normalized spacial score (nSPS) is 11.0. The third-order valence-electron chi connectivity index (χ3n) is 4.68. The SMILES string of the molecule is CC(=O)c1sc(NC(=O)c2cnn(-c3ccccn3)c2C(C)C)nc1-c1ccccc1. The van der Waals surface area contributed by atoms with Crippen molar-refractivity contribution >= 4 is 28.2 Å². The zero-order valence-electron chi connectivity index (χ0n) is 17.4. The van der Waals surface area contributed by atoms with E-state index in [9.17, 15) is 9.59 Å². The molecule has 0 radical (unpaired) electrons. The maximum absolute atomic E-state index is 13.1. The van der Waals surface area contributed by atoms with Gasteiger partial charge in [0.15, 0.2) is 16.7 Å². The summed E-state index contributed by atoms with van der Waals surface area (Å²) >= 11 is 1.17. The molecule has 0 fully saturated rings. The second-order valence-corrected chi connectivity index (χ2v) is 8.27. The fourth-order valence-electron chi connectivity index (χ4n) is 3.32. The van der Waals surface area contributed by atoms with Gasteiger partial charge in [-0.05, 0) is 18.1 Å². The van der Waals surface area contributed by atoms with E-state index in [2.05, 4.69) is 20.4 Å². The molecule has 0 aliphatic rings. The van der Waals surface area contributed by atoms with Gasteiger partial charge in [-0.15, -0.1) is 0 Å². The maximum Gasteiger partial charge on any atom is 0.260 e. The number of ketones is 1. The average Bonchev–Trinajstić information content (AvgIpc) is 3.40. The lowest BCUT2D eigenvalue weighted by atomic mass is 10.1. The molecule has 1 amide bonds. The number of nitrogens with zero attached hydrogens (tertiary/aromatic N) is 4. The molecule has 31 heavy (non-hydrogen) atoms. The molecule has 8 heteroatoms. The first-order chi connectivity index (χ1) is 15.0. The molecule has 0 saturated heterocycles. The fraction of sp³-hybridized carbons (Fsp3) is 0.174. The van der Waals surface area contributed by atoms with Crippen LogP contribution >= 0.6 is 11.3 Å². The summed E-state index contributed by atoms with van der Waals surface area (Å²) in [6, 6.07) is 15.0. The van der Waals surface area contributed by atoms with Gasteiger partial charge in [-0.25, -0.2) is 14.6 Å². The van der Waals surface area contributed by atoms with Crippen LogP contribution in [0.3, 0.4) is 0 Å². The van der Waals surface area contributed by atoms with Crippen LogP contribution < -0.4 is 5.32 Å². The number of Topliss-reactive ketones (excluding diaryl/α,β-unsaturated/α-hetero) is 1. The summed E-state index contributed by atoms with van der Waals surface area (Å²) < 4.78 is 1.68. The van der Waals surface area contributed by atoms with Crippen molar-refractivity contribution < 1.29 is 9.59 Å². The number of thiazole rings is 1. The Morgan fingerprint density at radius 3 is 2.45 bits per heavy atom. The van der Waals surface area contributed by atoms with Crippen molar-refractivity contribution in [1.82, 2.24) is 19.7 Å². The average molecular weight is 432 g/mol. The van der Waals surface area contributed by atoms with Crippen LogP contribution in [0.1, 0.15) is 52.4 Å². The summed E-state index contributed by atoms with van der Waals surface area (Å²) in [7, 11) is 0. The van der Waals surface area contributed by atoms with Crippen molar-refractivity contribution in [2.24, 2.45) is 0 Å². The van der Waals surface area contributed by atoms with E-state index in [0.29, 0.717) is 27.1 Å². The smallest absolute Gasteiger partial charge is 0.260 e. The van der Waals surface area contributed by atoms with Gasteiger partial charge >= 0.3 is 0 Å². The van der Waals surface area contributed by atoms with Gasteiger partial charge in [0.25, 0.3) is 5.91 Å². The second kappa shape index (κ2) is 8.61. The van der Waals surface area contributed by atoms with E-state index in [1.165, 1.54) is 24.5 Å². The van der Waals surface area contributed by atoms with Crippen LogP contribution in [-0.4, -0.2) is 31.4 Å². The van der Waals surface area contributed by atoms with Crippen molar-refractivity contribution in [1.29, 1.82) is 0 Å². The molecule has 3 heterocycles. The Morgan fingerprint density at radius 1 is 1.06 bits per heavy atom. The number of carbonyl (C=O) groups excluding carboxylic acids is 2. The molecular formula is C23H21N5O2S. The Bertz CT molecular complexity index is 1230. The van der Waals surface area contributed by atoms with Gasteiger partial charge in [0, 0.05) is 18.7 Å². The molecule has 0 saturated carbocycles. The Kier molecular flexibility index (Phi) is 5.73. The van der Waals surface area contributed by atoms with E-state index in [1.807, 2.05) is 62.4 Å². The molecule has 0 spiro atoms. The van der Waals surface area contributed by atoms with Crippen LogP contribution in [0.4, 0.5) is 5.13 Å². The molecule has 1 N–H and O–H groups in total. The highest BCUT2D eigenvalue weighted by Crippen LogP contribution is 2.32. The molecule has 1 aromatic carbocycles. The highest BCUT2D eigenvalue weighted by atomic mass is 32.1. The van der Waals surface area contributed by atoms with Crippen molar-refractivity contribution in [2.75, 3.05) is 5.32 Å². The van der Waals surface area contributed by atoms with Crippen molar-refractivity contribution in [3.8, 4) is 17.1 Å². The van der Waals surface area contributed by atoms with Crippen LogP contribution in [-0.2, 0) is 0 Å². The second-order valence-electron chi connectivity index (χ2n) is 7.27. The summed E-state index contributed by atoms with van der Waals surface area (Å²) in [5.41, 5.74) is 2.60. The number of aromatic nitrogens is 4. The number of nitrogens with one attached hydrogen (secondary N) is 1. The zero-order valence-corrected chi connectivity index (χ0v) is 18.2. The molecule has 3 aromatic heterocycles. The van der Waals surface area contributed by atoms with Crippen LogP contribution in [0.15, 0.2) is 60.9 Å². The lowest BCUT2D eigenvalue weighted by Gasteiger charge is -2.11. The number of hydrogen-bond acceptors (Lipinski definition) is 6. The first-order valence-electron chi connectivity index (χ1n) is 9.83. The number of hydrogen-bond donors (Lipinski definition) is 1. The van der Waals surface area contributed by atoms with Crippen LogP contribution in [0.25, 0.3) is 17.1 Å². The van der Waals surface area contributed by atoms with Gasteiger partial charge in [0.05, 0.1) is 28.0 Å². The van der Waals surface area contributed by atoms with Crippen molar-refractivity contribution in [3.05, 3.63) is 77.1 Å². The Hall–Kier alpha value is -3.65. The van der Waals surface area contributed by atoms with E-state index < -0.39 is 0 Å². The van der Waals surface area contributed by atoms with E-state index >= 15 is 0 Å². The molecule has 7 nitrogen and oxygen atoms in total. The van der Waals surface area contributed by atoms with E-state index in [-0.39, 0.29) is 17.6 Å². The predicted octanol–water partition coefficient (Wildman–Crippen LogP) is 4.97. The third kappa shape index (κ3) is 4.15. The van der Waals surface area contributed by atoms with E-state index in [1.54, 1.807) is 10.9 Å². The Labute approximate surface area is 183 Å². The summed E-state index contributed by atoms with van der Waals surface area (Å²) in [5.74, 6) is 0.260. The summed E-state index contributed by atoms with van der Waals surface area (Å²) in [6.07, 6.45) is 3.22. The van der Waals surface area contributed by atoms with E-state index in [0.717, 1.165) is 11.3 Å². The van der Waals surface area contributed by atoms with Crippen LogP contribution in [0.5, 0.6) is 0 Å². The zero-order chi connectivity index (χ0) is 22.0. The topological polar surface area (TPSA) is 89.8 Å². The predicted molar refractivity (Wildman–Crippen MR) is 121 cm³/mol. The maximum atomic E-state index is 13.1. The molecule has 0 aliphatic heterocycles. The number of rotatable bonds is 6. The third-order valence-corrected chi connectivity index (χ3v) is 5.75. The first kappa shape index (κ1) is 20.6. The molecule has 0 bridgehead atoms. The lowest BCUT2D eigenvalue weighted by molar-refractivity contribution is 0.101. The quantitative estimate of drug-likeness (QED) is 0.435. The monoisotopic (exact) mass is 431 g/mol. The summed E-state index contributed by atoms with van der Waals surface area (Å²) in [4.78, 5) is 34.6. The first-order valence-corrected chi connectivity index (χ1v) is 10.6. The minimum Gasteiger partial charge on any atom is -0.298 e. The number of benzene rings is 1. The molecular weight excluding hydrogens is 410 g/mol. The van der Waals surface area contributed by atoms with Gasteiger partial charge in [-0.3, -0.25) is 14.9 Å². The number of carbonyl (C=O) groups is 2. The minimum absolute atomic E-state index is 0.0363.